The molecule has 0 atom stereocenters. The van der Waals surface area contributed by atoms with Gasteiger partial charge in [-0.2, -0.15) is 0 Å². The maximum atomic E-state index is 13.2. The molecule has 20 heavy (non-hydrogen) atoms. The minimum Gasteiger partial charge on any atom is -0.345 e. The van der Waals surface area contributed by atoms with Crippen LogP contribution in [0.2, 0.25) is 0 Å². The fourth-order valence-electron chi connectivity index (χ4n) is 2.07. The van der Waals surface area contributed by atoms with Gasteiger partial charge in [0.2, 0.25) is 0 Å². The van der Waals surface area contributed by atoms with Crippen LogP contribution in [-0.4, -0.2) is 16.8 Å². The van der Waals surface area contributed by atoms with Crippen molar-refractivity contribution in [2.24, 2.45) is 0 Å². The van der Waals surface area contributed by atoms with Gasteiger partial charge in [0.05, 0.1) is 4.88 Å². The lowest BCUT2D eigenvalue weighted by Gasteiger charge is -2.30. The van der Waals surface area contributed by atoms with Crippen LogP contribution in [0.4, 0.5) is 4.39 Å². The van der Waals surface area contributed by atoms with Crippen LogP contribution in [0.1, 0.15) is 36.4 Å². The molecule has 0 aliphatic carbocycles. The van der Waals surface area contributed by atoms with Crippen molar-refractivity contribution in [2.75, 3.05) is 5.33 Å². The molecule has 0 aliphatic rings. The number of rotatable bonds is 5. The van der Waals surface area contributed by atoms with E-state index in [9.17, 15) is 9.18 Å². The third-order valence-corrected chi connectivity index (χ3v) is 5.86. The first kappa shape index (κ1) is 15.4. The zero-order valence-electron chi connectivity index (χ0n) is 11.5. The maximum Gasteiger partial charge on any atom is 0.261 e. The summed E-state index contributed by atoms with van der Waals surface area (Å²) < 4.78 is 14.0. The van der Waals surface area contributed by atoms with Gasteiger partial charge in [0.15, 0.2) is 0 Å². The summed E-state index contributed by atoms with van der Waals surface area (Å²) in [4.78, 5) is 13.0. The van der Waals surface area contributed by atoms with Gasteiger partial charge in [-0.05, 0) is 36.4 Å². The highest BCUT2D eigenvalue weighted by Crippen LogP contribution is 2.27. The van der Waals surface area contributed by atoms with Gasteiger partial charge >= 0.3 is 0 Å². The molecule has 0 unspecified atom stereocenters. The SMILES string of the molecule is CCC(CC)(CBr)NC(=O)c1cc2ccc(F)cc2s1. The molecule has 1 aromatic heterocycles. The number of amides is 1. The van der Waals surface area contributed by atoms with Crippen LogP contribution >= 0.6 is 27.3 Å². The standard InChI is InChI=1S/C15H17BrFNOS/c1-3-15(4-2,9-16)18-14(19)13-7-10-5-6-11(17)8-12(10)20-13/h5-8H,3-4,9H2,1-2H3,(H,18,19). The second-order valence-corrected chi connectivity index (χ2v) is 6.51. The molecule has 0 fully saturated rings. The van der Waals surface area contributed by atoms with Gasteiger partial charge < -0.3 is 5.32 Å². The van der Waals surface area contributed by atoms with Crippen LogP contribution in [0.25, 0.3) is 10.1 Å². The lowest BCUT2D eigenvalue weighted by molar-refractivity contribution is 0.0908. The van der Waals surface area contributed by atoms with E-state index >= 15 is 0 Å². The van der Waals surface area contributed by atoms with E-state index in [1.165, 1.54) is 23.5 Å². The van der Waals surface area contributed by atoms with Gasteiger partial charge in [-0.15, -0.1) is 11.3 Å². The van der Waals surface area contributed by atoms with Crippen LogP contribution in [0.15, 0.2) is 24.3 Å². The molecule has 1 amide bonds. The van der Waals surface area contributed by atoms with E-state index in [0.29, 0.717) is 4.88 Å². The highest BCUT2D eigenvalue weighted by molar-refractivity contribution is 9.09. The molecule has 0 spiro atoms. The zero-order valence-corrected chi connectivity index (χ0v) is 13.9. The number of alkyl halides is 1. The summed E-state index contributed by atoms with van der Waals surface area (Å²) in [6.07, 6.45) is 1.72. The molecule has 0 saturated carbocycles. The fourth-order valence-corrected chi connectivity index (χ4v) is 3.98. The first-order valence-corrected chi connectivity index (χ1v) is 8.55. The lowest BCUT2D eigenvalue weighted by atomic mass is 9.95. The first-order valence-electron chi connectivity index (χ1n) is 6.61. The van der Waals surface area contributed by atoms with Crippen molar-refractivity contribution in [2.45, 2.75) is 32.2 Å². The van der Waals surface area contributed by atoms with Gasteiger partial charge in [0.25, 0.3) is 5.91 Å². The smallest absolute Gasteiger partial charge is 0.261 e. The summed E-state index contributed by atoms with van der Waals surface area (Å²) in [7, 11) is 0. The molecule has 1 heterocycles. The Bertz CT molecular complexity index is 613. The maximum absolute atomic E-state index is 13.2. The summed E-state index contributed by atoms with van der Waals surface area (Å²) in [6, 6.07) is 6.40. The van der Waals surface area contributed by atoms with E-state index in [1.807, 2.05) is 6.07 Å². The Morgan fingerprint density at radius 3 is 2.65 bits per heavy atom. The van der Waals surface area contributed by atoms with Gasteiger partial charge in [0.1, 0.15) is 5.82 Å². The van der Waals surface area contributed by atoms with Crippen molar-refractivity contribution in [1.29, 1.82) is 0 Å². The number of thiophene rings is 1. The summed E-state index contributed by atoms with van der Waals surface area (Å²) in [6.45, 7) is 4.12. The Hall–Kier alpha value is -0.940. The highest BCUT2D eigenvalue weighted by Gasteiger charge is 2.27. The van der Waals surface area contributed by atoms with Gasteiger partial charge in [-0.1, -0.05) is 35.8 Å². The molecular weight excluding hydrogens is 341 g/mol. The van der Waals surface area contributed by atoms with Gasteiger partial charge in [-0.25, -0.2) is 4.39 Å². The van der Waals surface area contributed by atoms with Crippen LogP contribution in [0.5, 0.6) is 0 Å². The number of nitrogens with one attached hydrogen (secondary N) is 1. The molecule has 2 aromatic rings. The first-order chi connectivity index (χ1) is 9.53. The van der Waals surface area contributed by atoms with Crippen LogP contribution in [0.3, 0.4) is 0 Å². The third-order valence-electron chi connectivity index (χ3n) is 3.69. The predicted molar refractivity (Wildman–Crippen MR) is 86.4 cm³/mol. The minimum absolute atomic E-state index is 0.0882. The molecule has 0 bridgehead atoms. The Morgan fingerprint density at radius 1 is 1.35 bits per heavy atom. The third kappa shape index (κ3) is 3.04. The number of hydrogen-bond acceptors (Lipinski definition) is 2. The van der Waals surface area contributed by atoms with Crippen LogP contribution in [0, 0.1) is 5.82 Å². The Labute approximate surface area is 130 Å². The average molecular weight is 358 g/mol. The number of halogens is 2. The van der Waals surface area contributed by atoms with Gasteiger partial charge in [0, 0.05) is 15.6 Å². The van der Waals surface area contributed by atoms with Crippen molar-refractivity contribution in [3.63, 3.8) is 0 Å². The quantitative estimate of drug-likeness (QED) is 0.770. The molecule has 0 radical (unpaired) electrons. The fraction of sp³-hybridized carbons (Fsp3) is 0.400. The molecule has 5 heteroatoms. The van der Waals surface area contributed by atoms with Crippen molar-refractivity contribution in [1.82, 2.24) is 5.32 Å². The number of fused-ring (bicyclic) bond motifs is 1. The van der Waals surface area contributed by atoms with Gasteiger partial charge in [-0.3, -0.25) is 4.79 Å². The summed E-state index contributed by atoms with van der Waals surface area (Å²) >= 11 is 4.80. The second-order valence-electron chi connectivity index (χ2n) is 4.87. The summed E-state index contributed by atoms with van der Waals surface area (Å²) in [5, 5.41) is 4.72. The Morgan fingerprint density at radius 2 is 2.05 bits per heavy atom. The highest BCUT2D eigenvalue weighted by atomic mass is 79.9. The number of carbonyl (C=O) groups excluding carboxylic acids is 1. The Balaban J connectivity index is 2.27. The molecule has 0 saturated heterocycles. The topological polar surface area (TPSA) is 29.1 Å². The molecule has 2 rings (SSSR count). The normalized spacial score (nSPS) is 11.8. The largest absolute Gasteiger partial charge is 0.345 e. The molecule has 108 valence electrons. The van der Waals surface area contributed by atoms with Crippen molar-refractivity contribution in [3.8, 4) is 0 Å². The molecule has 0 aliphatic heterocycles. The van der Waals surface area contributed by atoms with E-state index < -0.39 is 0 Å². The van der Waals surface area contributed by atoms with E-state index in [2.05, 4.69) is 35.1 Å². The van der Waals surface area contributed by atoms with E-state index in [-0.39, 0.29) is 17.3 Å². The zero-order chi connectivity index (χ0) is 14.8. The number of hydrogen-bond donors (Lipinski definition) is 1. The number of benzene rings is 1. The van der Waals surface area contributed by atoms with Crippen molar-refractivity contribution >= 4 is 43.3 Å². The molecule has 2 nitrogen and oxygen atoms in total. The molecule has 1 N–H and O–H groups in total. The average Bonchev–Trinajstić information content (AvgIpc) is 2.88. The van der Waals surface area contributed by atoms with Crippen LogP contribution < -0.4 is 5.32 Å². The monoisotopic (exact) mass is 357 g/mol. The van der Waals surface area contributed by atoms with Crippen molar-refractivity contribution in [3.05, 3.63) is 35.0 Å². The van der Waals surface area contributed by atoms with Crippen molar-refractivity contribution < 1.29 is 9.18 Å². The summed E-state index contributed by atoms with van der Waals surface area (Å²) in [5.74, 6) is -0.363. The predicted octanol–water partition coefficient (Wildman–Crippen LogP) is 4.72. The molecule has 1 aromatic carbocycles. The second kappa shape index (κ2) is 6.22. The molecular formula is C15H17BrFNOS. The Kier molecular flexibility index (Phi) is 4.81. The lowest BCUT2D eigenvalue weighted by Crippen LogP contribution is -2.48. The van der Waals surface area contributed by atoms with E-state index in [0.717, 1.165) is 28.3 Å². The number of carbonyl (C=O) groups is 1. The van der Waals surface area contributed by atoms with Crippen LogP contribution in [-0.2, 0) is 0 Å². The minimum atomic E-state index is -0.275. The van der Waals surface area contributed by atoms with E-state index in [4.69, 9.17) is 0 Å². The van der Waals surface area contributed by atoms with E-state index in [1.54, 1.807) is 6.07 Å². The summed E-state index contributed by atoms with van der Waals surface area (Å²) in [5.41, 5.74) is -0.224.